The third-order valence-corrected chi connectivity index (χ3v) is 5.65. The molecule has 0 aliphatic carbocycles. The number of carbonyl (C=O) groups is 1. The van der Waals surface area contributed by atoms with Crippen LogP contribution in [0.5, 0.6) is 11.5 Å². The summed E-state index contributed by atoms with van der Waals surface area (Å²) in [5.74, 6) is 0.917. The highest BCUT2D eigenvalue weighted by Crippen LogP contribution is 2.40. The summed E-state index contributed by atoms with van der Waals surface area (Å²) in [6, 6.07) is 11.3. The molecule has 28 heavy (non-hydrogen) atoms. The van der Waals surface area contributed by atoms with Gasteiger partial charge in [0.1, 0.15) is 0 Å². The summed E-state index contributed by atoms with van der Waals surface area (Å²) >= 11 is 13.1. The van der Waals surface area contributed by atoms with Crippen molar-refractivity contribution in [3.8, 4) is 11.5 Å². The largest absolute Gasteiger partial charge is 0.490 e. The molecule has 1 aliphatic rings. The predicted octanol–water partition coefficient (Wildman–Crippen LogP) is 5.85. The molecule has 0 saturated carbocycles. The Balaban J connectivity index is 1.97. The molecule has 3 rings (SSSR count). The standard InChI is InChI=1S/C21H20ClNO3S2/c1-4-25-17-11-14(10-15(22)19(17)26-5-2)12-18-20(24)23(21(27)28-18)16-9-7-6-8-13(16)3/h6-12H,4-5H2,1-3H3/b18-12+. The van der Waals surface area contributed by atoms with Gasteiger partial charge in [0.25, 0.3) is 5.91 Å². The Morgan fingerprint density at radius 3 is 2.57 bits per heavy atom. The van der Waals surface area contributed by atoms with E-state index >= 15 is 0 Å². The Morgan fingerprint density at radius 2 is 1.89 bits per heavy atom. The van der Waals surface area contributed by atoms with Crippen molar-refractivity contribution in [2.75, 3.05) is 18.1 Å². The number of nitrogens with zero attached hydrogens (tertiary/aromatic N) is 1. The van der Waals surface area contributed by atoms with Crippen LogP contribution < -0.4 is 14.4 Å². The lowest BCUT2D eigenvalue weighted by molar-refractivity contribution is -0.113. The van der Waals surface area contributed by atoms with Crippen molar-refractivity contribution in [3.05, 3.63) is 57.5 Å². The molecule has 0 radical (unpaired) electrons. The first-order valence-electron chi connectivity index (χ1n) is 8.89. The highest BCUT2D eigenvalue weighted by atomic mass is 35.5. The van der Waals surface area contributed by atoms with Crippen molar-refractivity contribution >= 4 is 57.6 Å². The van der Waals surface area contributed by atoms with E-state index in [-0.39, 0.29) is 5.91 Å². The van der Waals surface area contributed by atoms with Gasteiger partial charge in [0.05, 0.1) is 28.8 Å². The maximum Gasteiger partial charge on any atom is 0.270 e. The van der Waals surface area contributed by atoms with E-state index in [4.69, 9.17) is 33.3 Å². The maximum absolute atomic E-state index is 13.0. The van der Waals surface area contributed by atoms with Gasteiger partial charge in [-0.3, -0.25) is 9.69 Å². The Kier molecular flexibility index (Phi) is 6.65. The first-order chi connectivity index (χ1) is 13.5. The monoisotopic (exact) mass is 433 g/mol. The van der Waals surface area contributed by atoms with Crippen LogP contribution in [0.15, 0.2) is 41.3 Å². The fourth-order valence-corrected chi connectivity index (χ4v) is 4.42. The van der Waals surface area contributed by atoms with Gasteiger partial charge in [-0.25, -0.2) is 0 Å². The van der Waals surface area contributed by atoms with Crippen LogP contribution in [0, 0.1) is 6.92 Å². The lowest BCUT2D eigenvalue weighted by Gasteiger charge is -2.16. The van der Waals surface area contributed by atoms with E-state index in [0.717, 1.165) is 16.8 Å². The van der Waals surface area contributed by atoms with Crippen LogP contribution in [0.4, 0.5) is 5.69 Å². The summed E-state index contributed by atoms with van der Waals surface area (Å²) in [7, 11) is 0. The zero-order valence-electron chi connectivity index (χ0n) is 15.8. The Labute approximate surface area is 179 Å². The number of hydrogen-bond donors (Lipinski definition) is 0. The number of benzene rings is 2. The average molecular weight is 434 g/mol. The second kappa shape index (κ2) is 8.99. The number of thiocarbonyl (C=S) groups is 1. The average Bonchev–Trinajstić information content (AvgIpc) is 2.92. The van der Waals surface area contributed by atoms with E-state index in [9.17, 15) is 4.79 Å². The van der Waals surface area contributed by atoms with E-state index in [1.165, 1.54) is 11.8 Å². The topological polar surface area (TPSA) is 38.8 Å². The highest BCUT2D eigenvalue weighted by Gasteiger charge is 2.34. The molecule has 0 unspecified atom stereocenters. The van der Waals surface area contributed by atoms with Crippen molar-refractivity contribution in [2.24, 2.45) is 0 Å². The van der Waals surface area contributed by atoms with Crippen LogP contribution in [-0.4, -0.2) is 23.4 Å². The van der Waals surface area contributed by atoms with Crippen LogP contribution in [0.3, 0.4) is 0 Å². The number of para-hydroxylation sites is 1. The molecule has 0 spiro atoms. The van der Waals surface area contributed by atoms with Crippen LogP contribution in [0.1, 0.15) is 25.0 Å². The Bertz CT molecular complexity index is 959. The first kappa shape index (κ1) is 20.7. The van der Waals surface area contributed by atoms with E-state index < -0.39 is 0 Å². The molecule has 2 aromatic carbocycles. The van der Waals surface area contributed by atoms with Gasteiger partial charge in [0, 0.05) is 0 Å². The van der Waals surface area contributed by atoms with Crippen molar-refractivity contribution < 1.29 is 14.3 Å². The van der Waals surface area contributed by atoms with Gasteiger partial charge in [-0.05, 0) is 56.2 Å². The molecule has 7 heteroatoms. The molecule has 0 bridgehead atoms. The van der Waals surface area contributed by atoms with E-state index in [0.29, 0.717) is 39.0 Å². The quantitative estimate of drug-likeness (QED) is 0.422. The number of rotatable bonds is 6. The molecular weight excluding hydrogens is 414 g/mol. The minimum Gasteiger partial charge on any atom is -0.490 e. The fraction of sp³-hybridized carbons (Fsp3) is 0.238. The smallest absolute Gasteiger partial charge is 0.270 e. The van der Waals surface area contributed by atoms with Gasteiger partial charge in [0.2, 0.25) is 0 Å². The summed E-state index contributed by atoms with van der Waals surface area (Å²) < 4.78 is 11.8. The molecular formula is C21H20ClNO3S2. The molecule has 1 amide bonds. The maximum atomic E-state index is 13.0. The summed E-state index contributed by atoms with van der Waals surface area (Å²) in [5.41, 5.74) is 2.54. The summed E-state index contributed by atoms with van der Waals surface area (Å²) in [6.45, 7) is 6.70. The minimum absolute atomic E-state index is 0.146. The second-order valence-electron chi connectivity index (χ2n) is 6.00. The highest BCUT2D eigenvalue weighted by molar-refractivity contribution is 8.27. The third-order valence-electron chi connectivity index (χ3n) is 4.07. The number of ether oxygens (including phenoxy) is 2. The molecule has 0 atom stereocenters. The van der Waals surface area contributed by atoms with Crippen molar-refractivity contribution in [2.45, 2.75) is 20.8 Å². The van der Waals surface area contributed by atoms with Gasteiger partial charge in [0.15, 0.2) is 15.8 Å². The number of hydrogen-bond acceptors (Lipinski definition) is 5. The number of halogens is 1. The summed E-state index contributed by atoms with van der Waals surface area (Å²) in [6.07, 6.45) is 1.78. The minimum atomic E-state index is -0.146. The number of amides is 1. The van der Waals surface area contributed by atoms with Crippen molar-refractivity contribution in [3.63, 3.8) is 0 Å². The molecule has 1 heterocycles. The summed E-state index contributed by atoms with van der Waals surface area (Å²) in [4.78, 5) is 15.1. The third kappa shape index (κ3) is 4.19. The normalized spacial score (nSPS) is 15.4. The molecule has 1 fully saturated rings. The number of anilines is 1. The SMILES string of the molecule is CCOc1cc(/C=C2/SC(=S)N(c3ccccc3C)C2=O)cc(Cl)c1OCC. The lowest BCUT2D eigenvalue weighted by Crippen LogP contribution is -2.28. The molecule has 146 valence electrons. The molecule has 4 nitrogen and oxygen atoms in total. The van der Waals surface area contributed by atoms with Crippen molar-refractivity contribution in [1.29, 1.82) is 0 Å². The van der Waals surface area contributed by atoms with Crippen LogP contribution in [0.2, 0.25) is 5.02 Å². The Hall–Kier alpha value is -2.02. The van der Waals surface area contributed by atoms with Gasteiger partial charge < -0.3 is 9.47 Å². The van der Waals surface area contributed by atoms with Gasteiger partial charge in [-0.1, -0.05) is 53.8 Å². The van der Waals surface area contributed by atoms with Crippen molar-refractivity contribution in [1.82, 2.24) is 0 Å². The molecule has 1 aliphatic heterocycles. The zero-order valence-corrected chi connectivity index (χ0v) is 18.2. The molecule has 0 N–H and O–H groups in total. The van der Waals surface area contributed by atoms with Crippen LogP contribution >= 0.6 is 35.6 Å². The number of thioether (sulfide) groups is 1. The first-order valence-corrected chi connectivity index (χ1v) is 10.5. The Morgan fingerprint density at radius 1 is 1.18 bits per heavy atom. The van der Waals surface area contributed by atoms with Gasteiger partial charge >= 0.3 is 0 Å². The summed E-state index contributed by atoms with van der Waals surface area (Å²) in [5, 5.41) is 0.438. The lowest BCUT2D eigenvalue weighted by atomic mass is 10.1. The zero-order chi connectivity index (χ0) is 20.3. The fourth-order valence-electron chi connectivity index (χ4n) is 2.86. The molecule has 1 saturated heterocycles. The van der Waals surface area contributed by atoms with E-state index in [2.05, 4.69) is 0 Å². The number of carbonyl (C=O) groups excluding carboxylic acids is 1. The predicted molar refractivity (Wildman–Crippen MR) is 121 cm³/mol. The van der Waals surface area contributed by atoms with Gasteiger partial charge in [-0.15, -0.1) is 0 Å². The molecule has 2 aromatic rings. The van der Waals surface area contributed by atoms with E-state index in [1.807, 2.05) is 51.1 Å². The van der Waals surface area contributed by atoms with E-state index in [1.54, 1.807) is 17.0 Å². The second-order valence-corrected chi connectivity index (χ2v) is 8.08. The van der Waals surface area contributed by atoms with Crippen LogP contribution in [0.25, 0.3) is 6.08 Å². The molecule has 0 aromatic heterocycles. The number of aryl methyl sites for hydroxylation is 1. The van der Waals surface area contributed by atoms with Crippen LogP contribution in [-0.2, 0) is 4.79 Å². The van der Waals surface area contributed by atoms with Gasteiger partial charge in [-0.2, -0.15) is 0 Å².